The van der Waals surface area contributed by atoms with Gasteiger partial charge in [0.2, 0.25) is 17.7 Å². The van der Waals surface area contributed by atoms with E-state index in [1.54, 1.807) is 0 Å². The number of fused-ring (bicyclic) bond motifs is 2. The summed E-state index contributed by atoms with van der Waals surface area (Å²) in [4.78, 5) is 0. The summed E-state index contributed by atoms with van der Waals surface area (Å²) in [6.45, 7) is 8.00. The Morgan fingerprint density at radius 1 is 0.500 bits per heavy atom. The number of hydrogen-bond donors (Lipinski definition) is 0. The van der Waals surface area contributed by atoms with Crippen molar-refractivity contribution >= 4 is 39.3 Å². The maximum Gasteiger partial charge on any atom is 0.250 e. The van der Waals surface area contributed by atoms with Gasteiger partial charge in [0.25, 0.3) is 0 Å². The maximum atomic E-state index is 10.1. The van der Waals surface area contributed by atoms with Gasteiger partial charge in [0, 0.05) is 0 Å². The summed E-state index contributed by atoms with van der Waals surface area (Å²) in [5.41, 5.74) is 0. The highest BCUT2D eigenvalue weighted by Gasteiger charge is 2.15. The van der Waals surface area contributed by atoms with Crippen molar-refractivity contribution in [2.75, 3.05) is 12.5 Å². The molecular formula is C20H28O4S2. The van der Waals surface area contributed by atoms with Crippen molar-refractivity contribution in [2.24, 2.45) is 0 Å². The third-order valence-corrected chi connectivity index (χ3v) is 7.56. The van der Waals surface area contributed by atoms with E-state index >= 15 is 0 Å². The van der Waals surface area contributed by atoms with E-state index in [1.165, 1.54) is 21.5 Å². The topological polar surface area (TPSA) is 68.3 Å². The average Bonchev–Trinajstić information content (AvgIpc) is 2.62. The lowest BCUT2D eigenvalue weighted by Crippen LogP contribution is -2.10. The number of benzene rings is 3. The van der Waals surface area contributed by atoms with E-state index in [1.807, 2.05) is 27.7 Å². The first kappa shape index (κ1) is 24.1. The maximum absolute atomic E-state index is 10.1. The standard InChI is InChI=1S/C14H10.C2H6O4S2.2C2H6/c1-2-6-12-10-14-8-4-3-7-13(14)9-11(12)5-1;1-7(3,4)8(2,5)6;2*1-2/h1-10H;1-2H3;2*1-2H3. The van der Waals surface area contributed by atoms with Crippen molar-refractivity contribution in [1.29, 1.82) is 0 Å². The minimum absolute atomic E-state index is 0.655. The van der Waals surface area contributed by atoms with Crippen LogP contribution in [0.4, 0.5) is 0 Å². The summed E-state index contributed by atoms with van der Waals surface area (Å²) >= 11 is 0. The molecule has 0 N–H and O–H groups in total. The monoisotopic (exact) mass is 396 g/mol. The van der Waals surface area contributed by atoms with E-state index in [2.05, 4.69) is 60.7 Å². The van der Waals surface area contributed by atoms with Crippen LogP contribution in [0.3, 0.4) is 0 Å². The molecule has 3 aromatic rings. The third kappa shape index (κ3) is 7.14. The first-order valence-electron chi connectivity index (χ1n) is 8.46. The van der Waals surface area contributed by atoms with Crippen LogP contribution in [0.1, 0.15) is 27.7 Å². The van der Waals surface area contributed by atoms with Crippen LogP contribution in [-0.4, -0.2) is 29.3 Å². The Morgan fingerprint density at radius 2 is 0.692 bits per heavy atom. The quantitative estimate of drug-likeness (QED) is 0.427. The Labute approximate surface area is 157 Å². The van der Waals surface area contributed by atoms with Gasteiger partial charge < -0.3 is 0 Å². The molecule has 0 aliphatic rings. The van der Waals surface area contributed by atoms with Gasteiger partial charge >= 0.3 is 0 Å². The summed E-state index contributed by atoms with van der Waals surface area (Å²) < 4.78 is 40.3. The van der Waals surface area contributed by atoms with Crippen molar-refractivity contribution in [3.8, 4) is 0 Å². The molecule has 0 aliphatic carbocycles. The predicted octanol–water partition coefficient (Wildman–Crippen LogP) is 5.04. The van der Waals surface area contributed by atoms with Crippen LogP contribution >= 0.6 is 0 Å². The molecule has 0 bridgehead atoms. The number of rotatable bonds is 1. The molecule has 0 saturated heterocycles. The lowest BCUT2D eigenvalue weighted by Gasteiger charge is -2.00. The Balaban J connectivity index is 0.000000451. The molecule has 0 atom stereocenters. The zero-order valence-corrected chi connectivity index (χ0v) is 17.9. The molecule has 0 spiro atoms. The van der Waals surface area contributed by atoms with E-state index in [-0.39, 0.29) is 0 Å². The van der Waals surface area contributed by atoms with E-state index in [4.69, 9.17) is 0 Å². The first-order chi connectivity index (χ1) is 12.2. The SMILES string of the molecule is CC.CC.CS(=O)(=O)S(C)(=O)=O.c1ccc2cc3ccccc3cc2c1. The Bertz CT molecular complexity index is 887. The molecule has 0 amide bonds. The third-order valence-electron chi connectivity index (χ3n) is 3.16. The van der Waals surface area contributed by atoms with Gasteiger partial charge in [-0.15, -0.1) is 0 Å². The lowest BCUT2D eigenvalue weighted by atomic mass is 10.0. The molecule has 0 unspecified atom stereocenters. The van der Waals surface area contributed by atoms with Crippen molar-refractivity contribution in [3.05, 3.63) is 60.7 Å². The van der Waals surface area contributed by atoms with Gasteiger partial charge in [0.15, 0.2) is 0 Å². The molecule has 144 valence electrons. The van der Waals surface area contributed by atoms with Gasteiger partial charge in [-0.3, -0.25) is 0 Å². The van der Waals surface area contributed by atoms with Crippen LogP contribution in [0.2, 0.25) is 0 Å². The van der Waals surface area contributed by atoms with Gasteiger partial charge in [-0.25, -0.2) is 16.8 Å². The van der Waals surface area contributed by atoms with Crippen LogP contribution in [-0.2, 0) is 17.7 Å². The molecule has 4 nitrogen and oxygen atoms in total. The minimum atomic E-state index is -3.87. The average molecular weight is 397 g/mol. The highest BCUT2D eigenvalue weighted by Crippen LogP contribution is 2.21. The second-order valence-corrected chi connectivity index (χ2v) is 11.4. The summed E-state index contributed by atoms with van der Waals surface area (Å²) in [6, 6.07) is 21.4. The highest BCUT2D eigenvalue weighted by molar-refractivity contribution is 8.66. The summed E-state index contributed by atoms with van der Waals surface area (Å²) in [5.74, 6) is 0. The Morgan fingerprint density at radius 3 is 0.846 bits per heavy atom. The van der Waals surface area contributed by atoms with Crippen LogP contribution < -0.4 is 0 Å². The molecule has 0 heterocycles. The number of hydrogen-bond acceptors (Lipinski definition) is 4. The molecule has 0 aromatic heterocycles. The van der Waals surface area contributed by atoms with Crippen molar-refractivity contribution in [1.82, 2.24) is 0 Å². The second-order valence-electron chi connectivity index (χ2n) is 4.95. The molecule has 3 rings (SSSR count). The van der Waals surface area contributed by atoms with Crippen molar-refractivity contribution < 1.29 is 16.8 Å². The second kappa shape index (κ2) is 10.9. The molecule has 0 radical (unpaired) electrons. The molecule has 6 heteroatoms. The van der Waals surface area contributed by atoms with Crippen LogP contribution in [0.15, 0.2) is 60.7 Å². The van der Waals surface area contributed by atoms with Gasteiger partial charge in [-0.1, -0.05) is 76.2 Å². The summed E-state index contributed by atoms with van der Waals surface area (Å²) in [6.07, 6.45) is 1.31. The van der Waals surface area contributed by atoms with Crippen LogP contribution in [0, 0.1) is 0 Å². The molecule has 0 saturated carbocycles. The molecule has 3 aromatic carbocycles. The molecule has 0 fully saturated rings. The summed E-state index contributed by atoms with van der Waals surface area (Å²) in [5, 5.41) is 5.25. The van der Waals surface area contributed by atoms with Gasteiger partial charge in [0.05, 0.1) is 12.5 Å². The molecular weight excluding hydrogens is 368 g/mol. The van der Waals surface area contributed by atoms with E-state index in [0.29, 0.717) is 12.5 Å². The van der Waals surface area contributed by atoms with Gasteiger partial charge in [-0.2, -0.15) is 0 Å². The Hall–Kier alpha value is -1.92. The fraction of sp³-hybridized carbons (Fsp3) is 0.300. The molecule has 0 aliphatic heterocycles. The fourth-order valence-corrected chi connectivity index (χ4v) is 1.88. The lowest BCUT2D eigenvalue weighted by molar-refractivity contribution is 0.589. The predicted molar refractivity (Wildman–Crippen MR) is 114 cm³/mol. The smallest absolute Gasteiger partial charge is 0.213 e. The van der Waals surface area contributed by atoms with Crippen molar-refractivity contribution in [3.63, 3.8) is 0 Å². The van der Waals surface area contributed by atoms with Crippen LogP contribution in [0.25, 0.3) is 21.5 Å². The van der Waals surface area contributed by atoms with E-state index in [9.17, 15) is 16.8 Å². The first-order valence-corrected chi connectivity index (χ1v) is 12.8. The van der Waals surface area contributed by atoms with E-state index in [0.717, 1.165) is 0 Å². The van der Waals surface area contributed by atoms with E-state index < -0.39 is 17.7 Å². The van der Waals surface area contributed by atoms with Gasteiger partial charge in [-0.05, 0) is 33.7 Å². The summed E-state index contributed by atoms with van der Waals surface area (Å²) in [7, 11) is -7.74. The largest absolute Gasteiger partial charge is 0.250 e. The van der Waals surface area contributed by atoms with Gasteiger partial charge in [0.1, 0.15) is 0 Å². The zero-order chi connectivity index (χ0) is 20.4. The normalized spacial score (nSPS) is 10.5. The Kier molecular flexibility index (Phi) is 10.1. The highest BCUT2D eigenvalue weighted by atomic mass is 33.2. The fourth-order valence-electron chi connectivity index (χ4n) is 1.88. The zero-order valence-electron chi connectivity index (χ0n) is 16.2. The van der Waals surface area contributed by atoms with Crippen molar-refractivity contribution in [2.45, 2.75) is 27.7 Å². The molecule has 26 heavy (non-hydrogen) atoms. The van der Waals surface area contributed by atoms with Crippen LogP contribution in [0.5, 0.6) is 0 Å². The minimum Gasteiger partial charge on any atom is -0.213 e.